The second kappa shape index (κ2) is 7.99. The van der Waals surface area contributed by atoms with Gasteiger partial charge in [0.2, 0.25) is 5.91 Å². The Kier molecular flexibility index (Phi) is 6.61. The van der Waals surface area contributed by atoms with Crippen LogP contribution >= 0.6 is 0 Å². The van der Waals surface area contributed by atoms with Gasteiger partial charge in [-0.05, 0) is 43.0 Å². The molecular formula is C18H27NO4. The first-order valence-corrected chi connectivity index (χ1v) is 7.81. The van der Waals surface area contributed by atoms with Gasteiger partial charge in [-0.25, -0.2) is 4.79 Å². The Morgan fingerprint density at radius 1 is 1.30 bits per heavy atom. The fourth-order valence-electron chi connectivity index (χ4n) is 2.50. The molecule has 0 aromatic heterocycles. The Balaban J connectivity index is 2.90. The van der Waals surface area contributed by atoms with Gasteiger partial charge >= 0.3 is 5.97 Å². The number of carbonyl (C=O) groups is 2. The van der Waals surface area contributed by atoms with E-state index >= 15 is 0 Å². The van der Waals surface area contributed by atoms with E-state index in [1.54, 1.807) is 14.0 Å². The molecule has 0 aliphatic rings. The summed E-state index contributed by atoms with van der Waals surface area (Å²) >= 11 is 0. The molecule has 1 aromatic rings. The fourth-order valence-corrected chi connectivity index (χ4v) is 2.50. The molecule has 0 aliphatic heterocycles. The molecule has 1 aromatic carbocycles. The summed E-state index contributed by atoms with van der Waals surface area (Å²) in [6, 6.07) is 5.58. The van der Waals surface area contributed by atoms with Crippen LogP contribution in [-0.2, 0) is 20.7 Å². The summed E-state index contributed by atoms with van der Waals surface area (Å²) in [6.45, 7) is 7.55. The molecule has 128 valence electrons. The molecule has 0 saturated carbocycles. The third kappa shape index (κ3) is 4.47. The Labute approximate surface area is 138 Å². The molecule has 0 fully saturated rings. The van der Waals surface area contributed by atoms with Gasteiger partial charge in [0.15, 0.2) is 0 Å². The number of ether oxygens (including phenoxy) is 2. The third-order valence-electron chi connectivity index (χ3n) is 4.51. The topological polar surface area (TPSA) is 64.6 Å². The van der Waals surface area contributed by atoms with Gasteiger partial charge in [0.1, 0.15) is 11.3 Å². The number of hydrogen-bond acceptors (Lipinski definition) is 4. The lowest BCUT2D eigenvalue weighted by atomic mass is 9.84. The highest BCUT2D eigenvalue weighted by Crippen LogP contribution is 2.23. The molecule has 2 unspecified atom stereocenters. The van der Waals surface area contributed by atoms with Crippen LogP contribution in [0.5, 0.6) is 5.75 Å². The van der Waals surface area contributed by atoms with E-state index in [-0.39, 0.29) is 18.2 Å². The van der Waals surface area contributed by atoms with Crippen LogP contribution < -0.4 is 10.1 Å². The van der Waals surface area contributed by atoms with Gasteiger partial charge in [0.05, 0.1) is 20.6 Å². The first kappa shape index (κ1) is 19.0. The minimum Gasteiger partial charge on any atom is -0.497 e. The Morgan fingerprint density at radius 3 is 2.43 bits per heavy atom. The first-order chi connectivity index (χ1) is 10.8. The van der Waals surface area contributed by atoms with Crippen molar-refractivity contribution >= 4 is 11.9 Å². The zero-order valence-electron chi connectivity index (χ0n) is 14.9. The molecule has 0 heterocycles. The Bertz CT molecular complexity index is 570. The number of carbonyl (C=O) groups excluding carboxylic acids is 2. The predicted molar refractivity (Wildman–Crippen MR) is 89.5 cm³/mol. The monoisotopic (exact) mass is 321 g/mol. The van der Waals surface area contributed by atoms with Crippen LogP contribution in [0.25, 0.3) is 0 Å². The molecule has 23 heavy (non-hydrogen) atoms. The average molecular weight is 321 g/mol. The maximum atomic E-state index is 12.4. The van der Waals surface area contributed by atoms with E-state index in [9.17, 15) is 9.59 Å². The van der Waals surface area contributed by atoms with Gasteiger partial charge < -0.3 is 14.8 Å². The van der Waals surface area contributed by atoms with Crippen LogP contribution in [-0.4, -0.2) is 31.6 Å². The number of aryl methyl sites for hydroxylation is 1. The average Bonchev–Trinajstić information content (AvgIpc) is 2.54. The number of nitrogens with one attached hydrogen (secondary N) is 1. The van der Waals surface area contributed by atoms with Gasteiger partial charge in [0.25, 0.3) is 0 Å². The number of esters is 1. The summed E-state index contributed by atoms with van der Waals surface area (Å²) in [6.07, 6.45) is 0.965. The highest BCUT2D eigenvalue weighted by molar-refractivity contribution is 5.89. The highest BCUT2D eigenvalue weighted by atomic mass is 16.5. The van der Waals surface area contributed by atoms with E-state index in [1.807, 2.05) is 39.0 Å². The second-order valence-corrected chi connectivity index (χ2v) is 6.02. The highest BCUT2D eigenvalue weighted by Gasteiger charge is 2.40. The summed E-state index contributed by atoms with van der Waals surface area (Å²) in [5.41, 5.74) is 0.850. The van der Waals surface area contributed by atoms with Crippen molar-refractivity contribution in [2.45, 2.75) is 46.1 Å². The maximum Gasteiger partial charge on any atom is 0.331 e. The third-order valence-corrected chi connectivity index (χ3v) is 4.51. The SMILES string of the molecule is CCC(C)C(C)(NC(=O)Cc1ccc(OC)cc1C)C(=O)OC. The lowest BCUT2D eigenvalue weighted by molar-refractivity contribution is -0.152. The Hall–Kier alpha value is -2.04. The van der Waals surface area contributed by atoms with Gasteiger partial charge in [-0.2, -0.15) is 0 Å². The van der Waals surface area contributed by atoms with Crippen LogP contribution in [0.15, 0.2) is 18.2 Å². The molecule has 5 heteroatoms. The molecule has 0 bridgehead atoms. The van der Waals surface area contributed by atoms with Gasteiger partial charge in [-0.3, -0.25) is 4.79 Å². The van der Waals surface area contributed by atoms with Crippen LogP contribution in [0.2, 0.25) is 0 Å². The molecule has 1 amide bonds. The minimum absolute atomic E-state index is 0.0316. The van der Waals surface area contributed by atoms with Crippen molar-refractivity contribution in [3.8, 4) is 5.75 Å². The lowest BCUT2D eigenvalue weighted by Gasteiger charge is -2.33. The Morgan fingerprint density at radius 2 is 1.96 bits per heavy atom. The normalized spacial score (nSPS) is 14.5. The number of hydrogen-bond donors (Lipinski definition) is 1. The standard InChI is InChI=1S/C18H27NO4/c1-7-13(3)18(4,17(21)23-6)19-16(20)11-14-8-9-15(22-5)10-12(14)2/h8-10,13H,7,11H2,1-6H3,(H,19,20). The number of rotatable bonds is 7. The molecular weight excluding hydrogens is 294 g/mol. The summed E-state index contributed by atoms with van der Waals surface area (Å²) in [7, 11) is 2.94. The largest absolute Gasteiger partial charge is 0.497 e. The van der Waals surface area contributed by atoms with Crippen LogP contribution in [0.4, 0.5) is 0 Å². The minimum atomic E-state index is -1.03. The van der Waals surface area contributed by atoms with E-state index in [0.29, 0.717) is 0 Å². The summed E-state index contributed by atoms with van der Waals surface area (Å²) < 4.78 is 10.0. The van der Waals surface area contributed by atoms with Crippen LogP contribution in [0.1, 0.15) is 38.3 Å². The summed E-state index contributed by atoms with van der Waals surface area (Å²) in [5, 5.41) is 2.85. The fraction of sp³-hybridized carbons (Fsp3) is 0.556. The van der Waals surface area contributed by atoms with Crippen molar-refractivity contribution in [3.63, 3.8) is 0 Å². The van der Waals surface area contributed by atoms with Crippen LogP contribution in [0, 0.1) is 12.8 Å². The van der Waals surface area contributed by atoms with Gasteiger partial charge in [-0.1, -0.05) is 26.3 Å². The van der Waals surface area contributed by atoms with E-state index in [2.05, 4.69) is 5.32 Å². The van der Waals surface area contributed by atoms with Gasteiger partial charge in [0, 0.05) is 0 Å². The molecule has 5 nitrogen and oxygen atoms in total. The van der Waals surface area contributed by atoms with Crippen molar-refractivity contribution in [2.24, 2.45) is 5.92 Å². The molecule has 0 aliphatic carbocycles. The number of benzene rings is 1. The van der Waals surface area contributed by atoms with Crippen molar-refractivity contribution in [1.29, 1.82) is 0 Å². The zero-order valence-corrected chi connectivity index (χ0v) is 14.9. The smallest absolute Gasteiger partial charge is 0.331 e. The van der Waals surface area contributed by atoms with Crippen LogP contribution in [0.3, 0.4) is 0 Å². The van der Waals surface area contributed by atoms with Crippen molar-refractivity contribution < 1.29 is 19.1 Å². The van der Waals surface area contributed by atoms with E-state index in [4.69, 9.17) is 9.47 Å². The molecule has 1 N–H and O–H groups in total. The van der Waals surface area contributed by atoms with Crippen molar-refractivity contribution in [3.05, 3.63) is 29.3 Å². The number of amides is 1. The second-order valence-electron chi connectivity index (χ2n) is 6.02. The molecule has 2 atom stereocenters. The van der Waals surface area contributed by atoms with Crippen molar-refractivity contribution in [1.82, 2.24) is 5.32 Å². The quantitative estimate of drug-likeness (QED) is 0.784. The zero-order chi connectivity index (χ0) is 17.6. The summed E-state index contributed by atoms with van der Waals surface area (Å²) in [5.74, 6) is 0.0969. The molecule has 0 radical (unpaired) electrons. The molecule has 0 spiro atoms. The van der Waals surface area contributed by atoms with Crippen molar-refractivity contribution in [2.75, 3.05) is 14.2 Å². The predicted octanol–water partition coefficient (Wildman–Crippen LogP) is 2.64. The maximum absolute atomic E-state index is 12.4. The number of methoxy groups -OCH3 is 2. The molecule has 1 rings (SSSR count). The lowest BCUT2D eigenvalue weighted by Crippen LogP contribution is -2.57. The van der Waals surface area contributed by atoms with Gasteiger partial charge in [-0.15, -0.1) is 0 Å². The van der Waals surface area contributed by atoms with E-state index in [1.165, 1.54) is 7.11 Å². The van der Waals surface area contributed by atoms with E-state index < -0.39 is 11.5 Å². The first-order valence-electron chi connectivity index (χ1n) is 7.81. The summed E-state index contributed by atoms with van der Waals surface area (Å²) in [4.78, 5) is 24.5. The molecule has 0 saturated heterocycles. The van der Waals surface area contributed by atoms with E-state index in [0.717, 1.165) is 23.3 Å².